The van der Waals surface area contributed by atoms with Crippen molar-refractivity contribution in [2.24, 2.45) is 17.8 Å². The zero-order chi connectivity index (χ0) is 39.7. The molecule has 2 fully saturated rings. The fourth-order valence-electron chi connectivity index (χ4n) is 8.62. The fourth-order valence-corrected chi connectivity index (χ4v) is 8.62. The normalized spacial score (nSPS) is 20.8. The number of benzene rings is 2. The highest BCUT2D eigenvalue weighted by molar-refractivity contribution is 5.91. The molecule has 4 rings (SSSR count). The van der Waals surface area contributed by atoms with Crippen LogP contribution < -0.4 is 10.6 Å². The number of likely N-dealkylation sites (tertiary alicyclic amines) is 1. The molecule has 1 heterocycles. The molecular weight excluding hydrogens is 689 g/mol. The number of aliphatic hydroxyl groups is 2. The van der Waals surface area contributed by atoms with E-state index in [1.807, 2.05) is 50.2 Å². The first-order valence-corrected chi connectivity index (χ1v) is 20.9. The summed E-state index contributed by atoms with van der Waals surface area (Å²) in [5.41, 5.74) is 2.24. The van der Waals surface area contributed by atoms with E-state index in [9.17, 15) is 24.6 Å². The van der Waals surface area contributed by atoms with Gasteiger partial charge in [0.2, 0.25) is 17.7 Å². The van der Waals surface area contributed by atoms with Crippen molar-refractivity contribution in [1.82, 2.24) is 20.4 Å². The summed E-state index contributed by atoms with van der Waals surface area (Å²) < 4.78 is 0. The first-order valence-electron chi connectivity index (χ1n) is 20.9. The maximum Gasteiger partial charge on any atom is 0.243 e. The number of rotatable bonds is 20. The van der Waals surface area contributed by atoms with Gasteiger partial charge in [0.1, 0.15) is 12.1 Å². The Morgan fingerprint density at radius 1 is 0.891 bits per heavy atom. The highest BCUT2D eigenvalue weighted by atomic mass is 16.3. The molecular formula is C46H68N4O5. The molecule has 55 heavy (non-hydrogen) atoms. The summed E-state index contributed by atoms with van der Waals surface area (Å²) in [6.07, 6.45) is 14.6. The minimum absolute atomic E-state index is 0.0188. The molecule has 0 spiro atoms. The minimum Gasteiger partial charge on any atom is -0.390 e. The first kappa shape index (κ1) is 44.0. The van der Waals surface area contributed by atoms with Crippen LogP contribution in [0.15, 0.2) is 60.7 Å². The average molecular weight is 757 g/mol. The number of carbonyl (C=O) groups is 3. The van der Waals surface area contributed by atoms with Crippen molar-refractivity contribution in [1.29, 1.82) is 0 Å². The number of carbonyl (C=O) groups excluding carboxylic acids is 3. The fraction of sp³-hybridized carbons (Fsp3) is 0.630. The van der Waals surface area contributed by atoms with Gasteiger partial charge in [-0.2, -0.15) is 0 Å². The topological polar surface area (TPSA) is 122 Å². The monoisotopic (exact) mass is 757 g/mol. The molecule has 2 aliphatic rings. The SMILES string of the molecule is C#CC[C@H](NC(=O)[C@@H](CC(=O)N(C)CCN1C(C)CCCC1Cc1ccccc1)Cc1ccccc1)C(=O)N[C@@H](CC1CCCCC1)[C@@H](O)[C@@H](O)CC(C)C. The number of nitrogens with one attached hydrogen (secondary N) is 2. The second-order valence-corrected chi connectivity index (χ2v) is 16.8. The molecule has 7 atom stereocenters. The van der Waals surface area contributed by atoms with Gasteiger partial charge in [0, 0.05) is 45.1 Å². The van der Waals surface area contributed by atoms with Gasteiger partial charge in [0.05, 0.1) is 18.1 Å². The van der Waals surface area contributed by atoms with Gasteiger partial charge in [-0.3, -0.25) is 19.3 Å². The smallest absolute Gasteiger partial charge is 0.243 e. The van der Waals surface area contributed by atoms with Crippen molar-refractivity contribution in [3.05, 3.63) is 71.8 Å². The molecule has 9 heteroatoms. The Bertz CT molecular complexity index is 1490. The van der Waals surface area contributed by atoms with Crippen LogP contribution >= 0.6 is 0 Å². The summed E-state index contributed by atoms with van der Waals surface area (Å²) in [5, 5.41) is 28.1. The van der Waals surface area contributed by atoms with Gasteiger partial charge in [-0.05, 0) is 68.4 Å². The summed E-state index contributed by atoms with van der Waals surface area (Å²) in [6.45, 7) is 7.53. The molecule has 1 saturated carbocycles. The average Bonchev–Trinajstić information content (AvgIpc) is 3.17. The predicted octanol–water partition coefficient (Wildman–Crippen LogP) is 5.91. The summed E-state index contributed by atoms with van der Waals surface area (Å²) in [4.78, 5) is 46.1. The lowest BCUT2D eigenvalue weighted by Gasteiger charge is -2.41. The van der Waals surface area contributed by atoms with Crippen molar-refractivity contribution in [3.63, 3.8) is 0 Å². The first-order chi connectivity index (χ1) is 26.4. The van der Waals surface area contributed by atoms with E-state index in [4.69, 9.17) is 6.42 Å². The molecule has 4 N–H and O–H groups in total. The Balaban J connectivity index is 1.44. The molecule has 9 nitrogen and oxygen atoms in total. The molecule has 0 radical (unpaired) electrons. The Morgan fingerprint density at radius 2 is 1.55 bits per heavy atom. The van der Waals surface area contributed by atoms with E-state index in [1.54, 1.807) is 11.9 Å². The van der Waals surface area contributed by atoms with E-state index in [0.29, 0.717) is 43.8 Å². The maximum atomic E-state index is 14.1. The van der Waals surface area contributed by atoms with Crippen molar-refractivity contribution >= 4 is 17.7 Å². The van der Waals surface area contributed by atoms with E-state index in [-0.39, 0.29) is 24.7 Å². The number of piperidine rings is 1. The summed E-state index contributed by atoms with van der Waals surface area (Å²) in [5.74, 6) is 1.25. The summed E-state index contributed by atoms with van der Waals surface area (Å²) in [7, 11) is 1.81. The van der Waals surface area contributed by atoms with E-state index in [0.717, 1.165) is 57.1 Å². The molecule has 0 bridgehead atoms. The van der Waals surface area contributed by atoms with Gasteiger partial charge in [-0.25, -0.2) is 0 Å². The number of hydrogen-bond acceptors (Lipinski definition) is 6. The van der Waals surface area contributed by atoms with Crippen LogP contribution in [0, 0.1) is 30.1 Å². The van der Waals surface area contributed by atoms with Crippen LogP contribution in [0.5, 0.6) is 0 Å². The molecule has 2 aromatic rings. The molecule has 1 aliphatic heterocycles. The van der Waals surface area contributed by atoms with Crippen LogP contribution in [0.4, 0.5) is 0 Å². The zero-order valence-corrected chi connectivity index (χ0v) is 33.9. The Kier molecular flexibility index (Phi) is 18.2. The third-order valence-corrected chi connectivity index (χ3v) is 11.9. The van der Waals surface area contributed by atoms with Crippen LogP contribution in [0.3, 0.4) is 0 Å². The molecule has 1 saturated heterocycles. The molecule has 2 aromatic carbocycles. The highest BCUT2D eigenvalue weighted by Crippen LogP contribution is 2.29. The van der Waals surface area contributed by atoms with Crippen LogP contribution in [0.2, 0.25) is 0 Å². The summed E-state index contributed by atoms with van der Waals surface area (Å²) in [6, 6.07) is 19.2. The number of hydrogen-bond donors (Lipinski definition) is 4. The lowest BCUT2D eigenvalue weighted by atomic mass is 9.82. The van der Waals surface area contributed by atoms with Gasteiger partial charge in [0.15, 0.2) is 0 Å². The van der Waals surface area contributed by atoms with E-state index in [2.05, 4.69) is 52.6 Å². The maximum absolute atomic E-state index is 14.1. The predicted molar refractivity (Wildman–Crippen MR) is 220 cm³/mol. The Morgan fingerprint density at radius 3 is 2.18 bits per heavy atom. The standard InChI is InChI=1S/C46H68N4O5/c1-6-17-40(46(55)48-41(31-37-23-14-9-15-24-37)44(53)42(51)28-33(2)3)47-45(54)38(29-35-19-10-7-11-20-35)32-43(52)49(5)26-27-50-34(4)18-16-25-39(50)30-36-21-12-8-13-22-36/h1,7-8,10-13,19-22,33-34,37-42,44,51,53H,9,14-18,23-32H2,2-5H3,(H,47,54)(H,48,55)/t34?,38-,39?,40+,41+,42+,44-/m1/s1. The van der Waals surface area contributed by atoms with Crippen molar-refractivity contribution in [3.8, 4) is 12.3 Å². The molecule has 1 aliphatic carbocycles. The third-order valence-electron chi connectivity index (χ3n) is 11.9. The van der Waals surface area contributed by atoms with Crippen LogP contribution in [-0.4, -0.2) is 94.2 Å². The van der Waals surface area contributed by atoms with Gasteiger partial charge < -0.3 is 25.7 Å². The Labute approximate surface area is 331 Å². The highest BCUT2D eigenvalue weighted by Gasteiger charge is 2.35. The largest absolute Gasteiger partial charge is 0.390 e. The van der Waals surface area contributed by atoms with Gasteiger partial charge in [-0.15, -0.1) is 12.3 Å². The van der Waals surface area contributed by atoms with Gasteiger partial charge in [0.25, 0.3) is 0 Å². The van der Waals surface area contributed by atoms with Crippen molar-refractivity contribution < 1.29 is 24.6 Å². The van der Waals surface area contributed by atoms with Crippen LogP contribution in [0.25, 0.3) is 0 Å². The minimum atomic E-state index is -1.16. The Hall–Kier alpha value is -3.71. The number of amides is 3. The van der Waals surface area contributed by atoms with Crippen LogP contribution in [-0.2, 0) is 27.2 Å². The third kappa shape index (κ3) is 14.4. The van der Waals surface area contributed by atoms with Gasteiger partial charge >= 0.3 is 0 Å². The van der Waals surface area contributed by atoms with E-state index >= 15 is 0 Å². The second kappa shape index (κ2) is 22.7. The van der Waals surface area contributed by atoms with Crippen molar-refractivity contribution in [2.45, 2.75) is 147 Å². The second-order valence-electron chi connectivity index (χ2n) is 16.8. The van der Waals surface area contributed by atoms with Crippen LogP contribution in [0.1, 0.15) is 109 Å². The number of nitrogens with zero attached hydrogens (tertiary/aromatic N) is 2. The quantitative estimate of drug-likeness (QED) is 0.125. The molecule has 2 unspecified atom stereocenters. The number of terminal acetylenes is 1. The van der Waals surface area contributed by atoms with E-state index < -0.39 is 42.0 Å². The summed E-state index contributed by atoms with van der Waals surface area (Å²) >= 11 is 0. The number of likely N-dealkylation sites (N-methyl/N-ethyl adjacent to an activating group) is 1. The van der Waals surface area contributed by atoms with Crippen molar-refractivity contribution in [2.75, 3.05) is 20.1 Å². The lowest BCUT2D eigenvalue weighted by Crippen LogP contribution is -2.56. The van der Waals surface area contributed by atoms with Gasteiger partial charge in [-0.1, -0.05) is 113 Å². The molecule has 0 aromatic heterocycles. The lowest BCUT2D eigenvalue weighted by molar-refractivity contribution is -0.137. The van der Waals surface area contributed by atoms with E-state index in [1.165, 1.54) is 18.4 Å². The molecule has 3 amide bonds. The molecule has 302 valence electrons. The number of aliphatic hydroxyl groups excluding tert-OH is 2. The zero-order valence-electron chi connectivity index (χ0n) is 33.9.